The maximum atomic E-state index is 12.7. The molecule has 326 valence electrons. The van der Waals surface area contributed by atoms with E-state index in [1.807, 2.05) is 6.08 Å². The molecule has 0 spiro atoms. The third-order valence-corrected chi connectivity index (χ3v) is 11.2. The number of aliphatic hydroxyl groups excluding tert-OH is 2. The highest BCUT2D eigenvalue weighted by Crippen LogP contribution is 2.43. The second-order valence-electron chi connectivity index (χ2n) is 15.3. The molecule has 5 N–H and O–H groups in total. The molecule has 13 heteroatoms. The van der Waals surface area contributed by atoms with Crippen LogP contribution in [0.4, 0.5) is 0 Å². The van der Waals surface area contributed by atoms with E-state index in [1.54, 1.807) is 6.08 Å². The minimum Gasteiger partial charge on any atom is -0.462 e. The standard InChI is InChI=1S/C43H78NO11P/c1-3-5-7-8-9-10-11-12-13-14-15-16-17-18-23-27-42(48)52-34-37(35-54-56(50,51)53-32-31-44)55-43(49)28-24-20-19-22-26-38-39(41(47)33-40(38)46)30-29-36(45)25-21-6-4-2/h12-13,29-30,36-39,41,45,47H,3-11,14-28,31-35,44H2,1-2H3,(H,50,51)/b13-12-,30-29+/t36-,37+,38+,39+,41+/m0/s1. The average Bonchev–Trinajstić information content (AvgIpc) is 3.44. The number of Topliss-reactive ketones (excluding diaryl/α,β-unsaturated/α-hetero) is 1. The Morgan fingerprint density at radius 2 is 1.38 bits per heavy atom. The summed E-state index contributed by atoms with van der Waals surface area (Å²) in [5, 5.41) is 20.7. The Morgan fingerprint density at radius 3 is 2.02 bits per heavy atom. The van der Waals surface area contributed by atoms with Crippen molar-refractivity contribution in [1.82, 2.24) is 0 Å². The van der Waals surface area contributed by atoms with E-state index in [0.29, 0.717) is 32.1 Å². The number of carbonyl (C=O) groups is 3. The molecule has 6 atom stereocenters. The molecule has 0 heterocycles. The van der Waals surface area contributed by atoms with Gasteiger partial charge in [0.2, 0.25) is 0 Å². The second kappa shape index (κ2) is 34.0. The summed E-state index contributed by atoms with van der Waals surface area (Å²) >= 11 is 0. The number of allylic oxidation sites excluding steroid dienone is 2. The Bertz CT molecular complexity index is 1130. The van der Waals surface area contributed by atoms with Crippen molar-refractivity contribution >= 4 is 25.5 Å². The molecule has 0 aromatic carbocycles. The van der Waals surface area contributed by atoms with Gasteiger partial charge in [0.1, 0.15) is 12.4 Å². The predicted octanol–water partition coefficient (Wildman–Crippen LogP) is 8.98. The third kappa shape index (κ3) is 27.7. The summed E-state index contributed by atoms with van der Waals surface area (Å²) in [6, 6.07) is 0. The number of ether oxygens (including phenoxy) is 2. The molecular weight excluding hydrogens is 737 g/mol. The Hall–Kier alpha value is -1.92. The minimum atomic E-state index is -4.44. The predicted molar refractivity (Wildman–Crippen MR) is 221 cm³/mol. The van der Waals surface area contributed by atoms with Gasteiger partial charge in [0, 0.05) is 37.6 Å². The largest absolute Gasteiger partial charge is 0.472 e. The fourth-order valence-corrected chi connectivity index (χ4v) is 7.64. The van der Waals surface area contributed by atoms with Gasteiger partial charge in [-0.3, -0.25) is 23.4 Å². The number of hydrogen-bond acceptors (Lipinski definition) is 11. The fourth-order valence-electron chi connectivity index (χ4n) is 6.88. The zero-order valence-corrected chi connectivity index (χ0v) is 35.7. The van der Waals surface area contributed by atoms with Crippen LogP contribution in [0.15, 0.2) is 24.3 Å². The van der Waals surface area contributed by atoms with Gasteiger partial charge in [-0.15, -0.1) is 0 Å². The summed E-state index contributed by atoms with van der Waals surface area (Å²) in [6.07, 6.45) is 28.2. The fraction of sp³-hybridized carbons (Fsp3) is 0.837. The van der Waals surface area contributed by atoms with E-state index < -0.39 is 44.7 Å². The number of esters is 2. The highest BCUT2D eigenvalue weighted by molar-refractivity contribution is 7.47. The van der Waals surface area contributed by atoms with Crippen molar-refractivity contribution in [3.63, 3.8) is 0 Å². The lowest BCUT2D eigenvalue weighted by molar-refractivity contribution is -0.161. The Kier molecular flexibility index (Phi) is 31.6. The van der Waals surface area contributed by atoms with Crippen LogP contribution in [-0.2, 0) is 37.5 Å². The zero-order chi connectivity index (χ0) is 41.3. The normalized spacial score (nSPS) is 19.5. The first kappa shape index (κ1) is 52.1. The number of carbonyl (C=O) groups excluding carboxylic acids is 3. The maximum absolute atomic E-state index is 12.7. The molecule has 1 rings (SSSR count). The number of rotatable bonds is 37. The van der Waals surface area contributed by atoms with E-state index in [2.05, 4.69) is 26.0 Å². The molecule has 1 saturated carbocycles. The molecule has 0 aliphatic heterocycles. The molecule has 56 heavy (non-hydrogen) atoms. The van der Waals surface area contributed by atoms with E-state index in [9.17, 15) is 34.1 Å². The van der Waals surface area contributed by atoms with E-state index in [0.717, 1.165) is 70.6 Å². The Labute approximate surface area is 338 Å². The molecule has 0 saturated heterocycles. The van der Waals surface area contributed by atoms with Crippen molar-refractivity contribution in [2.45, 2.75) is 193 Å². The third-order valence-electron chi connectivity index (χ3n) is 10.2. The molecular formula is C43H78NO11P. The molecule has 0 aromatic rings. The van der Waals surface area contributed by atoms with Crippen LogP contribution in [-0.4, -0.2) is 77.5 Å². The van der Waals surface area contributed by atoms with Crippen molar-refractivity contribution in [3.05, 3.63) is 24.3 Å². The van der Waals surface area contributed by atoms with Crippen LogP contribution >= 0.6 is 7.82 Å². The van der Waals surface area contributed by atoms with Crippen LogP contribution in [0.5, 0.6) is 0 Å². The molecule has 12 nitrogen and oxygen atoms in total. The van der Waals surface area contributed by atoms with Crippen molar-refractivity contribution in [3.8, 4) is 0 Å². The average molecular weight is 816 g/mol. The highest BCUT2D eigenvalue weighted by atomic mass is 31.2. The summed E-state index contributed by atoms with van der Waals surface area (Å²) in [5.74, 6) is -1.54. The van der Waals surface area contributed by atoms with Crippen LogP contribution < -0.4 is 5.73 Å². The van der Waals surface area contributed by atoms with Crippen molar-refractivity contribution in [2.75, 3.05) is 26.4 Å². The van der Waals surface area contributed by atoms with Gasteiger partial charge in [-0.25, -0.2) is 4.57 Å². The lowest BCUT2D eigenvalue weighted by Crippen LogP contribution is -2.29. The highest BCUT2D eigenvalue weighted by Gasteiger charge is 2.39. The monoisotopic (exact) mass is 816 g/mol. The van der Waals surface area contributed by atoms with Crippen LogP contribution in [0.1, 0.15) is 174 Å². The van der Waals surface area contributed by atoms with Crippen LogP contribution in [0.2, 0.25) is 0 Å². The zero-order valence-electron chi connectivity index (χ0n) is 34.8. The van der Waals surface area contributed by atoms with Crippen LogP contribution in [0.25, 0.3) is 0 Å². The van der Waals surface area contributed by atoms with E-state index in [1.165, 1.54) is 38.5 Å². The number of aliphatic hydroxyl groups is 2. The summed E-state index contributed by atoms with van der Waals surface area (Å²) in [5.41, 5.74) is 5.34. The Balaban J connectivity index is 2.39. The van der Waals surface area contributed by atoms with Crippen molar-refractivity contribution in [1.29, 1.82) is 0 Å². The van der Waals surface area contributed by atoms with Gasteiger partial charge in [-0.05, 0) is 51.4 Å². The van der Waals surface area contributed by atoms with E-state index in [4.69, 9.17) is 24.3 Å². The molecule has 1 fully saturated rings. The molecule has 0 radical (unpaired) electrons. The summed E-state index contributed by atoms with van der Waals surface area (Å²) in [6.45, 7) is 3.34. The second-order valence-corrected chi connectivity index (χ2v) is 16.8. The van der Waals surface area contributed by atoms with E-state index in [-0.39, 0.29) is 56.6 Å². The van der Waals surface area contributed by atoms with Crippen molar-refractivity contribution in [2.24, 2.45) is 17.6 Å². The minimum absolute atomic E-state index is 0.0141. The molecule has 0 bridgehead atoms. The number of ketones is 1. The molecule has 1 aliphatic rings. The SMILES string of the molecule is CCCCCCCC/C=C\CCCCCCCC(=O)OC[C@H](COP(=O)(O)OCCN)OC(=O)CCCCCC[C@H]1C(=O)C[C@@H](O)[C@@H]1/C=C/[C@@H](O)CCCCC. The number of nitrogens with two attached hydrogens (primary N) is 1. The smallest absolute Gasteiger partial charge is 0.462 e. The molecule has 1 aliphatic carbocycles. The molecule has 1 unspecified atom stereocenters. The molecule has 0 aromatic heterocycles. The number of unbranched alkanes of at least 4 members (excludes halogenated alkanes) is 16. The topological polar surface area (TPSA) is 192 Å². The van der Waals surface area contributed by atoms with Crippen LogP contribution in [0.3, 0.4) is 0 Å². The maximum Gasteiger partial charge on any atom is 0.472 e. The lowest BCUT2D eigenvalue weighted by atomic mass is 9.88. The first-order valence-electron chi connectivity index (χ1n) is 21.9. The first-order valence-corrected chi connectivity index (χ1v) is 23.4. The van der Waals surface area contributed by atoms with Gasteiger partial charge in [0.25, 0.3) is 0 Å². The summed E-state index contributed by atoms with van der Waals surface area (Å²) in [7, 11) is -4.44. The molecule has 0 amide bonds. The lowest BCUT2D eigenvalue weighted by Gasteiger charge is -2.20. The number of phosphoric ester groups is 1. The first-order chi connectivity index (χ1) is 27.0. The van der Waals surface area contributed by atoms with Gasteiger partial charge in [-0.2, -0.15) is 0 Å². The number of hydrogen-bond donors (Lipinski definition) is 4. The summed E-state index contributed by atoms with van der Waals surface area (Å²) in [4.78, 5) is 47.6. The Morgan fingerprint density at radius 1 is 0.804 bits per heavy atom. The summed E-state index contributed by atoms with van der Waals surface area (Å²) < 4.78 is 32.7. The van der Waals surface area contributed by atoms with Gasteiger partial charge >= 0.3 is 19.8 Å². The van der Waals surface area contributed by atoms with E-state index >= 15 is 0 Å². The van der Waals surface area contributed by atoms with Crippen molar-refractivity contribution < 1.29 is 52.6 Å². The quantitative estimate of drug-likeness (QED) is 0.0202. The van der Waals surface area contributed by atoms with Crippen LogP contribution in [0, 0.1) is 11.8 Å². The van der Waals surface area contributed by atoms with Gasteiger partial charge in [0.15, 0.2) is 6.10 Å². The van der Waals surface area contributed by atoms with Gasteiger partial charge in [-0.1, -0.05) is 128 Å². The van der Waals surface area contributed by atoms with Gasteiger partial charge < -0.3 is 30.3 Å². The van der Waals surface area contributed by atoms with Gasteiger partial charge in [0.05, 0.1) is 25.4 Å². The number of phosphoric acid groups is 1.